The normalized spacial score (nSPS) is 14.5. The lowest BCUT2D eigenvalue weighted by molar-refractivity contribution is -0.286. The standard InChI is InChI=1S/C24H20F2N4O3/c1-13-4-9-20(28-21(13)14-5-7-17-15(10-14)12-27-30-17)29-22(31)23(2,3)16-6-8-18-19(11-16)33-24(25,26)32-18/h4-12H,1-3H3,(H,27,30)(H,28,29,31). The van der Waals surface area contributed by atoms with Crippen molar-refractivity contribution in [3.8, 4) is 22.8 Å². The Morgan fingerprint density at radius 3 is 2.67 bits per heavy atom. The van der Waals surface area contributed by atoms with Crippen molar-refractivity contribution >= 4 is 22.6 Å². The number of carbonyl (C=O) groups is 1. The van der Waals surface area contributed by atoms with E-state index in [-0.39, 0.29) is 17.4 Å². The summed E-state index contributed by atoms with van der Waals surface area (Å²) in [5, 5.41) is 10.8. The maximum absolute atomic E-state index is 13.4. The van der Waals surface area contributed by atoms with Gasteiger partial charge in [0.05, 0.1) is 22.8 Å². The van der Waals surface area contributed by atoms with Gasteiger partial charge in [-0.1, -0.05) is 18.2 Å². The zero-order valence-electron chi connectivity index (χ0n) is 18.1. The minimum Gasteiger partial charge on any atom is -0.395 e. The number of aromatic amines is 1. The molecule has 2 aromatic heterocycles. The first-order valence-electron chi connectivity index (χ1n) is 10.3. The molecule has 5 rings (SSSR count). The number of nitrogens with zero attached hydrogens (tertiary/aromatic N) is 2. The second-order valence-corrected chi connectivity index (χ2v) is 8.44. The van der Waals surface area contributed by atoms with E-state index in [0.717, 1.165) is 27.7 Å². The number of hydrogen-bond donors (Lipinski definition) is 2. The van der Waals surface area contributed by atoms with Crippen molar-refractivity contribution < 1.29 is 23.0 Å². The molecule has 4 aromatic rings. The van der Waals surface area contributed by atoms with Gasteiger partial charge in [-0.2, -0.15) is 5.10 Å². The van der Waals surface area contributed by atoms with Crippen LogP contribution in [0.1, 0.15) is 25.0 Å². The van der Waals surface area contributed by atoms with Gasteiger partial charge in [-0.15, -0.1) is 8.78 Å². The predicted octanol–water partition coefficient (Wildman–Crippen LogP) is 5.17. The third kappa shape index (κ3) is 3.75. The number of anilines is 1. The van der Waals surface area contributed by atoms with E-state index in [4.69, 9.17) is 0 Å². The van der Waals surface area contributed by atoms with E-state index in [2.05, 4.69) is 30.0 Å². The fraction of sp³-hybridized carbons (Fsp3) is 0.208. The molecule has 0 saturated heterocycles. The number of aromatic nitrogens is 3. The van der Waals surface area contributed by atoms with Crippen LogP contribution in [0, 0.1) is 6.92 Å². The molecule has 0 radical (unpaired) electrons. The Balaban J connectivity index is 1.41. The first-order valence-corrected chi connectivity index (χ1v) is 10.3. The Morgan fingerprint density at radius 2 is 1.85 bits per heavy atom. The molecule has 0 aliphatic carbocycles. The average molecular weight is 450 g/mol. The van der Waals surface area contributed by atoms with Gasteiger partial charge in [0.25, 0.3) is 0 Å². The summed E-state index contributed by atoms with van der Waals surface area (Å²) in [5.41, 5.74) is 2.94. The number of halogens is 2. The smallest absolute Gasteiger partial charge is 0.395 e. The van der Waals surface area contributed by atoms with Gasteiger partial charge in [-0.3, -0.25) is 9.89 Å². The Labute approximate surface area is 187 Å². The number of fused-ring (bicyclic) bond motifs is 2. The molecule has 0 unspecified atom stereocenters. The van der Waals surface area contributed by atoms with E-state index in [1.165, 1.54) is 12.1 Å². The Bertz CT molecular complexity index is 1400. The quantitative estimate of drug-likeness (QED) is 0.448. The molecule has 0 atom stereocenters. The van der Waals surface area contributed by atoms with Crippen molar-refractivity contribution in [3.63, 3.8) is 0 Å². The summed E-state index contributed by atoms with van der Waals surface area (Å²) in [7, 11) is 0. The third-order valence-electron chi connectivity index (χ3n) is 5.74. The van der Waals surface area contributed by atoms with Crippen molar-refractivity contribution in [1.29, 1.82) is 0 Å². The topological polar surface area (TPSA) is 89.1 Å². The van der Waals surface area contributed by atoms with Crippen molar-refractivity contribution in [1.82, 2.24) is 15.2 Å². The van der Waals surface area contributed by atoms with Gasteiger partial charge in [0, 0.05) is 10.9 Å². The summed E-state index contributed by atoms with van der Waals surface area (Å²) in [6, 6.07) is 13.8. The Kier molecular flexibility index (Phi) is 4.59. The zero-order valence-corrected chi connectivity index (χ0v) is 18.1. The maximum atomic E-state index is 13.4. The second-order valence-electron chi connectivity index (χ2n) is 8.44. The molecule has 1 amide bonds. The van der Waals surface area contributed by atoms with Crippen LogP contribution in [0.2, 0.25) is 0 Å². The lowest BCUT2D eigenvalue weighted by Gasteiger charge is -2.24. The molecule has 0 spiro atoms. The highest BCUT2D eigenvalue weighted by atomic mass is 19.3. The number of ether oxygens (including phenoxy) is 2. The van der Waals surface area contributed by atoms with Crippen LogP contribution in [0.4, 0.5) is 14.6 Å². The van der Waals surface area contributed by atoms with E-state index < -0.39 is 11.7 Å². The van der Waals surface area contributed by atoms with Crippen molar-refractivity contribution in [2.75, 3.05) is 5.32 Å². The molecule has 2 aromatic carbocycles. The molecule has 3 heterocycles. The van der Waals surface area contributed by atoms with Gasteiger partial charge >= 0.3 is 6.29 Å². The molecule has 0 saturated carbocycles. The summed E-state index contributed by atoms with van der Waals surface area (Å²) in [4.78, 5) is 17.8. The molecule has 0 bridgehead atoms. The first-order chi connectivity index (χ1) is 15.6. The van der Waals surface area contributed by atoms with Crippen LogP contribution in [0.5, 0.6) is 11.5 Å². The Morgan fingerprint density at radius 1 is 1.06 bits per heavy atom. The van der Waals surface area contributed by atoms with E-state index in [9.17, 15) is 13.6 Å². The number of hydrogen-bond acceptors (Lipinski definition) is 5. The SMILES string of the molecule is Cc1ccc(NC(=O)C(C)(C)c2ccc3c(c2)OC(F)(F)O3)nc1-c1ccc2[nH]ncc2c1. The molecule has 1 aliphatic heterocycles. The highest BCUT2D eigenvalue weighted by Gasteiger charge is 2.44. The van der Waals surface area contributed by atoms with E-state index >= 15 is 0 Å². The summed E-state index contributed by atoms with van der Waals surface area (Å²) >= 11 is 0. The molecule has 9 heteroatoms. The van der Waals surface area contributed by atoms with Crippen LogP contribution >= 0.6 is 0 Å². The zero-order chi connectivity index (χ0) is 23.4. The number of pyridine rings is 1. The van der Waals surface area contributed by atoms with Gasteiger partial charge in [-0.25, -0.2) is 4.98 Å². The molecular weight excluding hydrogens is 430 g/mol. The van der Waals surface area contributed by atoms with Crippen molar-refractivity contribution in [2.24, 2.45) is 0 Å². The number of H-pyrrole nitrogens is 1. The third-order valence-corrected chi connectivity index (χ3v) is 5.74. The number of rotatable bonds is 4. The van der Waals surface area contributed by atoms with Gasteiger partial charge in [-0.05, 0) is 62.2 Å². The number of benzene rings is 2. The molecule has 168 valence electrons. The minimum absolute atomic E-state index is 0.0700. The summed E-state index contributed by atoms with van der Waals surface area (Å²) in [6.07, 6.45) is -1.97. The first kappa shape index (κ1) is 20.9. The highest BCUT2D eigenvalue weighted by molar-refractivity contribution is 5.98. The second kappa shape index (κ2) is 7.26. The predicted molar refractivity (Wildman–Crippen MR) is 118 cm³/mol. The van der Waals surface area contributed by atoms with Gasteiger partial charge in [0.2, 0.25) is 5.91 Å². The number of amides is 1. The largest absolute Gasteiger partial charge is 0.586 e. The van der Waals surface area contributed by atoms with E-state index in [1.54, 1.807) is 32.2 Å². The monoisotopic (exact) mass is 450 g/mol. The number of aryl methyl sites for hydroxylation is 1. The highest BCUT2D eigenvalue weighted by Crippen LogP contribution is 2.43. The summed E-state index contributed by atoms with van der Waals surface area (Å²) < 4.78 is 35.7. The summed E-state index contributed by atoms with van der Waals surface area (Å²) in [5.74, 6) is -0.142. The minimum atomic E-state index is -3.71. The van der Waals surface area contributed by atoms with Crippen LogP contribution in [0.15, 0.2) is 54.7 Å². The van der Waals surface area contributed by atoms with Crippen LogP contribution in [-0.2, 0) is 10.2 Å². The average Bonchev–Trinajstić information content (AvgIpc) is 3.35. The van der Waals surface area contributed by atoms with Crippen LogP contribution in [0.3, 0.4) is 0 Å². The number of carbonyl (C=O) groups excluding carboxylic acids is 1. The van der Waals surface area contributed by atoms with Gasteiger partial charge in [0.1, 0.15) is 5.82 Å². The van der Waals surface area contributed by atoms with E-state index in [0.29, 0.717) is 11.4 Å². The van der Waals surface area contributed by atoms with E-state index in [1.807, 2.05) is 31.2 Å². The molecule has 0 fully saturated rings. The Hall–Kier alpha value is -4.01. The molecule has 33 heavy (non-hydrogen) atoms. The van der Waals surface area contributed by atoms with Crippen LogP contribution in [0.25, 0.3) is 22.2 Å². The molecule has 2 N–H and O–H groups in total. The van der Waals surface area contributed by atoms with Crippen molar-refractivity contribution in [2.45, 2.75) is 32.5 Å². The lowest BCUT2D eigenvalue weighted by Crippen LogP contribution is -2.35. The summed E-state index contributed by atoms with van der Waals surface area (Å²) in [6.45, 7) is 5.33. The lowest BCUT2D eigenvalue weighted by atomic mass is 9.83. The van der Waals surface area contributed by atoms with Gasteiger partial charge < -0.3 is 14.8 Å². The van der Waals surface area contributed by atoms with Gasteiger partial charge in [0.15, 0.2) is 11.5 Å². The fourth-order valence-electron chi connectivity index (χ4n) is 3.72. The fourth-order valence-corrected chi connectivity index (χ4v) is 3.72. The number of nitrogens with one attached hydrogen (secondary N) is 2. The number of alkyl halides is 2. The molecule has 1 aliphatic rings. The van der Waals surface area contributed by atoms with Crippen molar-refractivity contribution in [3.05, 3.63) is 65.9 Å². The van der Waals surface area contributed by atoms with Crippen LogP contribution in [-0.4, -0.2) is 27.4 Å². The maximum Gasteiger partial charge on any atom is 0.586 e. The van der Waals surface area contributed by atoms with Crippen LogP contribution < -0.4 is 14.8 Å². The molecular formula is C24H20F2N4O3. The molecule has 7 nitrogen and oxygen atoms in total.